The molecule has 160 valence electrons. The summed E-state index contributed by atoms with van der Waals surface area (Å²) < 4.78 is 19.3. The van der Waals surface area contributed by atoms with Gasteiger partial charge in [0.05, 0.1) is 38.4 Å². The van der Waals surface area contributed by atoms with Gasteiger partial charge in [0.25, 0.3) is 0 Å². The third kappa shape index (κ3) is 6.58. The van der Waals surface area contributed by atoms with Gasteiger partial charge in [-0.3, -0.25) is 14.7 Å². The van der Waals surface area contributed by atoms with Crippen LogP contribution in [0, 0.1) is 0 Å². The van der Waals surface area contributed by atoms with E-state index in [0.29, 0.717) is 31.0 Å². The second-order valence-electron chi connectivity index (χ2n) is 7.10. The van der Waals surface area contributed by atoms with Gasteiger partial charge in [-0.25, -0.2) is 9.97 Å². The molecule has 0 spiro atoms. The molecule has 2 heterocycles. The van der Waals surface area contributed by atoms with Crippen molar-refractivity contribution in [1.82, 2.24) is 19.5 Å². The van der Waals surface area contributed by atoms with Gasteiger partial charge in [0.1, 0.15) is 18.4 Å². The molecule has 0 saturated heterocycles. The second-order valence-corrected chi connectivity index (χ2v) is 7.10. The minimum atomic E-state index is -0.259. The van der Waals surface area contributed by atoms with Crippen molar-refractivity contribution in [2.45, 2.75) is 46.3 Å². The lowest BCUT2D eigenvalue weighted by Gasteiger charge is -2.20. The number of benzene rings is 1. The zero-order valence-corrected chi connectivity index (χ0v) is 17.4. The molecule has 1 aromatic carbocycles. The minimum absolute atomic E-state index is 0.0900. The summed E-state index contributed by atoms with van der Waals surface area (Å²) in [4.78, 5) is 23.9. The Morgan fingerprint density at radius 2 is 1.93 bits per heavy atom. The number of imidazole rings is 1. The van der Waals surface area contributed by atoms with Crippen LogP contribution in [0.3, 0.4) is 0 Å². The number of carbonyl (C=O) groups excluding carboxylic acids is 1. The molecule has 0 aliphatic carbocycles. The van der Waals surface area contributed by atoms with Crippen molar-refractivity contribution < 1.29 is 19.0 Å². The maximum Gasteiger partial charge on any atom is 0.231 e. The van der Waals surface area contributed by atoms with E-state index in [4.69, 9.17) is 14.2 Å². The number of fused-ring (bicyclic) bond motifs is 1. The van der Waals surface area contributed by atoms with E-state index < -0.39 is 0 Å². The van der Waals surface area contributed by atoms with Crippen molar-refractivity contribution in [3.8, 4) is 0 Å². The number of hydrogen-bond acceptors (Lipinski definition) is 7. The van der Waals surface area contributed by atoms with Crippen molar-refractivity contribution in [3.63, 3.8) is 0 Å². The van der Waals surface area contributed by atoms with Crippen LogP contribution in [0.1, 0.15) is 26.3 Å². The molecular weight excluding hydrogens is 386 g/mol. The summed E-state index contributed by atoms with van der Waals surface area (Å²) in [5.41, 5.74) is 2.29. The molecule has 9 nitrogen and oxygen atoms in total. The molecule has 9 heteroatoms. The van der Waals surface area contributed by atoms with Crippen LogP contribution in [0.25, 0.3) is 11.2 Å². The van der Waals surface area contributed by atoms with Crippen molar-refractivity contribution in [1.29, 1.82) is 0 Å². The summed E-state index contributed by atoms with van der Waals surface area (Å²) in [5.74, 6) is -0.0132. The van der Waals surface area contributed by atoms with Gasteiger partial charge in [0.15, 0.2) is 5.65 Å². The number of nitrogens with one attached hydrogen (secondary N) is 1. The van der Waals surface area contributed by atoms with Gasteiger partial charge >= 0.3 is 0 Å². The lowest BCUT2D eigenvalue weighted by molar-refractivity contribution is -0.114. The standard InChI is InChI=1S/C21H27N5O4/c1-15(2)29-12-18(11-28-10-17-7-5-4-6-8-17)30-14-26-13-23-19-9-22-21(24-16(3)27)25-20(19)26/h4-9,13,15,18H,10-12,14H2,1-3H3,(H,22,24,25,27). The maximum absolute atomic E-state index is 11.3. The summed E-state index contributed by atoms with van der Waals surface area (Å²) in [6.45, 7) is 6.88. The van der Waals surface area contributed by atoms with E-state index in [0.717, 1.165) is 5.56 Å². The first kappa shape index (κ1) is 21.8. The molecule has 0 bridgehead atoms. The Kier molecular flexibility index (Phi) is 7.83. The van der Waals surface area contributed by atoms with Crippen LogP contribution in [-0.2, 0) is 32.3 Å². The summed E-state index contributed by atoms with van der Waals surface area (Å²) in [5, 5.41) is 2.57. The molecule has 0 aliphatic rings. The number of amides is 1. The molecule has 3 rings (SSSR count). The smallest absolute Gasteiger partial charge is 0.231 e. The van der Waals surface area contributed by atoms with Crippen LogP contribution >= 0.6 is 0 Å². The maximum atomic E-state index is 11.3. The summed E-state index contributed by atoms with van der Waals surface area (Å²) in [7, 11) is 0. The third-order valence-electron chi connectivity index (χ3n) is 4.13. The predicted molar refractivity (Wildman–Crippen MR) is 112 cm³/mol. The fourth-order valence-electron chi connectivity index (χ4n) is 2.68. The van der Waals surface area contributed by atoms with Crippen LogP contribution in [0.5, 0.6) is 0 Å². The topological polar surface area (TPSA) is 100 Å². The third-order valence-corrected chi connectivity index (χ3v) is 4.13. The van der Waals surface area contributed by atoms with Gasteiger partial charge < -0.3 is 14.2 Å². The highest BCUT2D eigenvalue weighted by molar-refractivity contribution is 5.87. The van der Waals surface area contributed by atoms with Crippen LogP contribution in [0.15, 0.2) is 42.9 Å². The van der Waals surface area contributed by atoms with E-state index in [1.165, 1.54) is 6.92 Å². The molecule has 30 heavy (non-hydrogen) atoms. The number of carbonyl (C=O) groups is 1. The van der Waals surface area contributed by atoms with Crippen molar-refractivity contribution >= 4 is 23.0 Å². The fraction of sp³-hybridized carbons (Fsp3) is 0.429. The normalized spacial score (nSPS) is 12.4. The zero-order chi connectivity index (χ0) is 21.3. The second kappa shape index (κ2) is 10.8. The number of rotatable bonds is 11. The van der Waals surface area contributed by atoms with Gasteiger partial charge in [0, 0.05) is 6.92 Å². The molecule has 0 aliphatic heterocycles. The minimum Gasteiger partial charge on any atom is -0.376 e. The van der Waals surface area contributed by atoms with Crippen molar-refractivity contribution in [2.75, 3.05) is 18.5 Å². The van der Waals surface area contributed by atoms with Gasteiger partial charge in [0.2, 0.25) is 11.9 Å². The molecule has 0 saturated carbocycles. The fourth-order valence-corrected chi connectivity index (χ4v) is 2.68. The van der Waals surface area contributed by atoms with Gasteiger partial charge in [-0.05, 0) is 19.4 Å². The molecule has 1 amide bonds. The number of anilines is 1. The first-order chi connectivity index (χ1) is 14.5. The Morgan fingerprint density at radius 1 is 1.13 bits per heavy atom. The van der Waals surface area contributed by atoms with Gasteiger partial charge in [-0.2, -0.15) is 4.98 Å². The first-order valence-electron chi connectivity index (χ1n) is 9.81. The average molecular weight is 413 g/mol. The summed E-state index contributed by atoms with van der Waals surface area (Å²) in [6.07, 6.45) is 3.02. The van der Waals surface area contributed by atoms with Crippen LogP contribution < -0.4 is 5.32 Å². The summed E-state index contributed by atoms with van der Waals surface area (Å²) in [6, 6.07) is 9.97. The number of hydrogen-bond donors (Lipinski definition) is 1. The van der Waals surface area contributed by atoms with E-state index in [2.05, 4.69) is 20.3 Å². The molecule has 3 aromatic rings. The predicted octanol–water partition coefficient (Wildman–Crippen LogP) is 2.77. The highest BCUT2D eigenvalue weighted by atomic mass is 16.6. The van der Waals surface area contributed by atoms with E-state index in [1.54, 1.807) is 17.1 Å². The molecular formula is C21H27N5O4. The molecule has 1 N–H and O–H groups in total. The molecule has 1 unspecified atom stereocenters. The van der Waals surface area contributed by atoms with E-state index in [1.807, 2.05) is 44.2 Å². The highest BCUT2D eigenvalue weighted by Crippen LogP contribution is 2.12. The number of nitrogens with zero attached hydrogens (tertiary/aromatic N) is 4. The van der Waals surface area contributed by atoms with Crippen molar-refractivity contribution in [2.24, 2.45) is 0 Å². The first-order valence-corrected chi connectivity index (χ1v) is 9.81. The van der Waals surface area contributed by atoms with Gasteiger partial charge in [-0.15, -0.1) is 0 Å². The average Bonchev–Trinajstić information content (AvgIpc) is 3.12. The Balaban J connectivity index is 1.61. The van der Waals surface area contributed by atoms with Crippen molar-refractivity contribution in [3.05, 3.63) is 48.4 Å². The summed E-state index contributed by atoms with van der Waals surface area (Å²) >= 11 is 0. The molecule has 0 radical (unpaired) electrons. The largest absolute Gasteiger partial charge is 0.376 e. The van der Waals surface area contributed by atoms with Gasteiger partial charge in [-0.1, -0.05) is 30.3 Å². The quantitative estimate of drug-likeness (QED) is 0.516. The number of aromatic nitrogens is 4. The Labute approximate surface area is 175 Å². The van der Waals surface area contributed by atoms with Crippen LogP contribution in [0.2, 0.25) is 0 Å². The van der Waals surface area contributed by atoms with E-state index in [-0.39, 0.29) is 30.8 Å². The Bertz CT molecular complexity index is 945. The van der Waals surface area contributed by atoms with E-state index in [9.17, 15) is 4.79 Å². The molecule has 0 fully saturated rings. The van der Waals surface area contributed by atoms with Crippen LogP contribution in [0.4, 0.5) is 5.95 Å². The number of ether oxygens (including phenoxy) is 3. The Morgan fingerprint density at radius 3 is 2.67 bits per heavy atom. The van der Waals surface area contributed by atoms with E-state index >= 15 is 0 Å². The molecule has 2 aromatic heterocycles. The Hall–Kier alpha value is -2.88. The molecule has 1 atom stereocenters. The SMILES string of the molecule is CC(=O)Nc1ncc2ncn(COC(COCc3ccccc3)COC(C)C)c2n1. The van der Waals surface area contributed by atoms with Crippen LogP contribution in [-0.4, -0.2) is 50.8 Å². The lowest BCUT2D eigenvalue weighted by atomic mass is 10.2. The highest BCUT2D eigenvalue weighted by Gasteiger charge is 2.14. The lowest BCUT2D eigenvalue weighted by Crippen LogP contribution is -2.28. The zero-order valence-electron chi connectivity index (χ0n) is 17.4. The monoisotopic (exact) mass is 413 g/mol.